The van der Waals surface area contributed by atoms with Crippen LogP contribution in [0.5, 0.6) is 11.8 Å². The molecule has 0 amide bonds. The van der Waals surface area contributed by atoms with Crippen LogP contribution < -0.4 is 4.74 Å². The molecule has 2 aliphatic rings. The minimum Gasteiger partial charge on any atom is -0.507 e. The molecular formula is C30H29F2N7O3. The van der Waals surface area contributed by atoms with E-state index in [4.69, 9.17) is 9.47 Å². The summed E-state index contributed by atoms with van der Waals surface area (Å²) in [5, 5.41) is 21.0. The van der Waals surface area contributed by atoms with Crippen molar-refractivity contribution >= 4 is 21.7 Å². The third-order valence-electron chi connectivity index (χ3n) is 8.34. The predicted molar refractivity (Wildman–Crippen MR) is 151 cm³/mol. The number of halogens is 2. The number of phenolic OH excluding ortho intramolecular Hbond substituents is 1. The van der Waals surface area contributed by atoms with Crippen LogP contribution in [0.2, 0.25) is 0 Å². The topological polar surface area (TPSA) is 111 Å². The normalized spacial score (nSPS) is 20.5. The SMILES string of the molecule is COCCn1cc(-c2nc(OC[C@@]34CCCN3C[C@H](F)C4)nc3c(F)c(-c4c(O)ccc5ccccc45)ncc23)nn1. The molecule has 2 fully saturated rings. The molecule has 2 aliphatic heterocycles. The van der Waals surface area contributed by atoms with E-state index in [1.54, 1.807) is 30.1 Å². The molecule has 1 N–H and O–H groups in total. The molecule has 0 saturated carbocycles. The van der Waals surface area contributed by atoms with Crippen LogP contribution in [0, 0.1) is 5.82 Å². The molecule has 0 bridgehead atoms. The number of alkyl halides is 1. The summed E-state index contributed by atoms with van der Waals surface area (Å²) >= 11 is 0. The second kappa shape index (κ2) is 10.5. The van der Waals surface area contributed by atoms with Crippen molar-refractivity contribution in [3.8, 4) is 34.4 Å². The molecule has 0 unspecified atom stereocenters. The Bertz CT molecular complexity index is 1800. The monoisotopic (exact) mass is 573 g/mol. The zero-order chi connectivity index (χ0) is 28.8. The van der Waals surface area contributed by atoms with Crippen LogP contribution in [0.4, 0.5) is 8.78 Å². The first-order valence-corrected chi connectivity index (χ1v) is 13.9. The fraction of sp³-hybridized carbons (Fsp3) is 0.367. The highest BCUT2D eigenvalue weighted by atomic mass is 19.1. The van der Waals surface area contributed by atoms with Crippen molar-refractivity contribution in [3.05, 3.63) is 54.6 Å². The largest absolute Gasteiger partial charge is 0.507 e. The summed E-state index contributed by atoms with van der Waals surface area (Å²) in [6, 6.07) is 10.6. The Morgan fingerprint density at radius 2 is 2.00 bits per heavy atom. The molecule has 10 nitrogen and oxygen atoms in total. The van der Waals surface area contributed by atoms with Gasteiger partial charge >= 0.3 is 6.01 Å². The molecule has 0 aliphatic carbocycles. The van der Waals surface area contributed by atoms with Gasteiger partial charge in [0.15, 0.2) is 5.82 Å². The first kappa shape index (κ1) is 26.6. The maximum absolute atomic E-state index is 16.5. The van der Waals surface area contributed by atoms with Gasteiger partial charge in [0.2, 0.25) is 0 Å². The van der Waals surface area contributed by atoms with Gasteiger partial charge in [-0.2, -0.15) is 9.97 Å². The van der Waals surface area contributed by atoms with Crippen molar-refractivity contribution in [2.75, 3.05) is 33.4 Å². The zero-order valence-electron chi connectivity index (χ0n) is 23.0. The number of rotatable bonds is 8. The van der Waals surface area contributed by atoms with Crippen LogP contribution in [0.25, 0.3) is 44.3 Å². The lowest BCUT2D eigenvalue weighted by molar-refractivity contribution is 0.107. The Labute approximate surface area is 239 Å². The van der Waals surface area contributed by atoms with E-state index in [2.05, 4.69) is 30.2 Å². The van der Waals surface area contributed by atoms with E-state index in [1.807, 2.05) is 18.2 Å². The van der Waals surface area contributed by atoms with Crippen LogP contribution in [0.1, 0.15) is 19.3 Å². The van der Waals surface area contributed by atoms with Crippen molar-refractivity contribution in [2.24, 2.45) is 0 Å². The predicted octanol–water partition coefficient (Wildman–Crippen LogP) is 4.55. The number of benzene rings is 2. The summed E-state index contributed by atoms with van der Waals surface area (Å²) in [4.78, 5) is 15.7. The molecule has 5 aromatic rings. The lowest BCUT2D eigenvalue weighted by Crippen LogP contribution is -2.43. The summed E-state index contributed by atoms with van der Waals surface area (Å²) in [6.07, 6.45) is 4.40. The Hall–Kier alpha value is -4.29. The van der Waals surface area contributed by atoms with E-state index in [-0.39, 0.29) is 35.1 Å². The summed E-state index contributed by atoms with van der Waals surface area (Å²) < 4.78 is 43.7. The Morgan fingerprint density at radius 1 is 1.12 bits per heavy atom. The maximum atomic E-state index is 16.5. The third-order valence-corrected chi connectivity index (χ3v) is 8.34. The van der Waals surface area contributed by atoms with E-state index >= 15 is 4.39 Å². The number of hydrogen-bond donors (Lipinski definition) is 1. The van der Waals surface area contributed by atoms with Gasteiger partial charge in [0, 0.05) is 26.3 Å². The number of nitrogens with zero attached hydrogens (tertiary/aromatic N) is 7. The number of aromatic hydroxyl groups is 1. The minimum atomic E-state index is -0.913. The first-order chi connectivity index (χ1) is 20.5. The number of methoxy groups -OCH3 is 1. The highest BCUT2D eigenvalue weighted by Crippen LogP contribution is 2.41. The van der Waals surface area contributed by atoms with Crippen LogP contribution in [0.3, 0.4) is 0 Å². The molecule has 0 radical (unpaired) electrons. The van der Waals surface area contributed by atoms with E-state index in [1.165, 1.54) is 12.3 Å². The van der Waals surface area contributed by atoms with Gasteiger partial charge in [-0.3, -0.25) is 9.88 Å². The van der Waals surface area contributed by atoms with Crippen LogP contribution in [-0.4, -0.2) is 85.1 Å². The molecule has 2 atom stereocenters. The number of pyridine rings is 1. The third kappa shape index (κ3) is 4.51. The minimum absolute atomic E-state index is 0.0330. The van der Waals surface area contributed by atoms with E-state index in [9.17, 15) is 9.50 Å². The summed E-state index contributed by atoms with van der Waals surface area (Å²) in [5.41, 5.74) is 0.436. The molecule has 3 aromatic heterocycles. The highest BCUT2D eigenvalue weighted by Gasteiger charge is 2.49. The molecule has 5 heterocycles. The van der Waals surface area contributed by atoms with Crippen molar-refractivity contribution in [1.29, 1.82) is 0 Å². The highest BCUT2D eigenvalue weighted by molar-refractivity contribution is 6.01. The quantitative estimate of drug-likeness (QED) is 0.286. The molecule has 7 rings (SSSR count). The van der Waals surface area contributed by atoms with E-state index in [0.717, 1.165) is 24.8 Å². The van der Waals surface area contributed by atoms with E-state index in [0.29, 0.717) is 48.3 Å². The van der Waals surface area contributed by atoms with Crippen molar-refractivity contribution in [3.63, 3.8) is 0 Å². The standard InChI is InChI=1S/C30H29F2N7O3/c1-41-12-11-39-16-22(36-37-39)26-21-14-33-28(24-20-6-3-2-5-18(20)7-8-23(24)40)25(32)27(21)35-29(34-26)42-17-30-9-4-10-38(30)15-19(31)13-30/h2-3,5-8,14,16,19,40H,4,9-13,15,17H2,1H3/t19-,30+/m1/s1. The number of phenols is 1. The Balaban J connectivity index is 1.36. The molecule has 216 valence electrons. The molecule has 42 heavy (non-hydrogen) atoms. The summed E-state index contributed by atoms with van der Waals surface area (Å²) in [6.45, 7) is 2.29. The van der Waals surface area contributed by atoms with Gasteiger partial charge in [-0.15, -0.1) is 5.10 Å². The van der Waals surface area contributed by atoms with Gasteiger partial charge in [-0.1, -0.05) is 35.5 Å². The van der Waals surface area contributed by atoms with Gasteiger partial charge in [0.1, 0.15) is 41.1 Å². The fourth-order valence-electron chi connectivity index (χ4n) is 6.33. The van der Waals surface area contributed by atoms with Gasteiger partial charge in [0.05, 0.1) is 35.8 Å². The van der Waals surface area contributed by atoms with Gasteiger partial charge in [-0.05, 0) is 36.2 Å². The molecule has 2 aromatic carbocycles. The molecule has 0 spiro atoms. The number of ether oxygens (including phenoxy) is 2. The Morgan fingerprint density at radius 3 is 2.88 bits per heavy atom. The summed E-state index contributed by atoms with van der Waals surface area (Å²) in [7, 11) is 1.60. The average Bonchev–Trinajstić information content (AvgIpc) is 3.70. The van der Waals surface area contributed by atoms with Crippen molar-refractivity contribution < 1.29 is 23.4 Å². The summed E-state index contributed by atoms with van der Waals surface area (Å²) in [5.74, 6) is -0.835. The second-order valence-corrected chi connectivity index (χ2v) is 10.9. The molecular weight excluding hydrogens is 544 g/mol. The number of aromatic nitrogens is 6. The number of fused-ring (bicyclic) bond motifs is 3. The smallest absolute Gasteiger partial charge is 0.317 e. The van der Waals surface area contributed by atoms with Crippen LogP contribution in [0.15, 0.2) is 48.8 Å². The molecule has 2 saturated heterocycles. The lowest BCUT2D eigenvalue weighted by Gasteiger charge is -2.30. The number of hydrogen-bond acceptors (Lipinski definition) is 9. The zero-order valence-corrected chi connectivity index (χ0v) is 23.0. The molecule has 12 heteroatoms. The van der Waals surface area contributed by atoms with Crippen molar-refractivity contribution in [2.45, 2.75) is 37.5 Å². The fourth-order valence-corrected chi connectivity index (χ4v) is 6.33. The second-order valence-electron chi connectivity index (χ2n) is 10.9. The van der Waals surface area contributed by atoms with Gasteiger partial charge in [-0.25, -0.2) is 13.5 Å². The van der Waals surface area contributed by atoms with E-state index < -0.39 is 17.5 Å². The van der Waals surface area contributed by atoms with Gasteiger partial charge < -0.3 is 14.6 Å². The van der Waals surface area contributed by atoms with Crippen LogP contribution >= 0.6 is 0 Å². The van der Waals surface area contributed by atoms with Crippen LogP contribution in [-0.2, 0) is 11.3 Å². The van der Waals surface area contributed by atoms with Gasteiger partial charge in [0.25, 0.3) is 0 Å². The first-order valence-electron chi connectivity index (χ1n) is 13.9. The Kier molecular flexibility index (Phi) is 6.66. The lowest BCUT2D eigenvalue weighted by atomic mass is 9.95. The average molecular weight is 574 g/mol. The maximum Gasteiger partial charge on any atom is 0.317 e. The van der Waals surface area contributed by atoms with Crippen molar-refractivity contribution in [1.82, 2.24) is 34.8 Å².